The van der Waals surface area contributed by atoms with Gasteiger partial charge in [-0.25, -0.2) is 0 Å². The third-order valence-corrected chi connectivity index (χ3v) is 3.59. The van der Waals surface area contributed by atoms with E-state index in [2.05, 4.69) is 6.92 Å². The highest BCUT2D eigenvalue weighted by Gasteiger charge is 2.17. The Hall–Kier alpha value is -1.61. The van der Waals surface area contributed by atoms with Crippen LogP contribution in [-0.2, 0) is 6.42 Å². The number of carbonyl (C=O) groups is 1. The van der Waals surface area contributed by atoms with E-state index in [1.807, 2.05) is 35.7 Å². The standard InChI is InChI=1S/C14H14O2S/c1-3-10-6-4-5-7-11(10)13(15)14-12(16-2)8-9-17-14/h4-9H,3H2,1-2H3. The van der Waals surface area contributed by atoms with E-state index in [1.165, 1.54) is 11.3 Å². The van der Waals surface area contributed by atoms with Crippen LogP contribution in [-0.4, -0.2) is 12.9 Å². The molecule has 0 fully saturated rings. The fourth-order valence-electron chi connectivity index (χ4n) is 1.80. The summed E-state index contributed by atoms with van der Waals surface area (Å²) in [6.45, 7) is 2.05. The Balaban J connectivity index is 2.44. The highest BCUT2D eigenvalue weighted by Crippen LogP contribution is 2.28. The lowest BCUT2D eigenvalue weighted by Gasteiger charge is -2.06. The zero-order valence-corrected chi connectivity index (χ0v) is 10.7. The van der Waals surface area contributed by atoms with E-state index < -0.39 is 0 Å². The first-order valence-electron chi connectivity index (χ1n) is 5.52. The molecule has 0 aliphatic heterocycles. The first-order valence-corrected chi connectivity index (χ1v) is 6.40. The molecular formula is C14H14O2S. The van der Waals surface area contributed by atoms with Crippen LogP contribution in [0.1, 0.15) is 27.7 Å². The maximum Gasteiger partial charge on any atom is 0.207 e. The van der Waals surface area contributed by atoms with Gasteiger partial charge in [0.2, 0.25) is 5.78 Å². The van der Waals surface area contributed by atoms with Crippen LogP contribution in [0, 0.1) is 0 Å². The van der Waals surface area contributed by atoms with Crippen molar-refractivity contribution in [1.82, 2.24) is 0 Å². The topological polar surface area (TPSA) is 26.3 Å². The molecule has 0 unspecified atom stereocenters. The van der Waals surface area contributed by atoms with Crippen molar-refractivity contribution in [3.8, 4) is 5.75 Å². The summed E-state index contributed by atoms with van der Waals surface area (Å²) >= 11 is 1.42. The van der Waals surface area contributed by atoms with E-state index in [4.69, 9.17) is 4.74 Å². The van der Waals surface area contributed by atoms with Crippen molar-refractivity contribution in [2.24, 2.45) is 0 Å². The third-order valence-electron chi connectivity index (χ3n) is 2.70. The lowest BCUT2D eigenvalue weighted by atomic mass is 10.0. The molecule has 2 aromatic rings. The SMILES string of the molecule is CCc1ccccc1C(=O)c1sccc1OC. The number of aryl methyl sites for hydroxylation is 1. The maximum atomic E-state index is 12.4. The van der Waals surface area contributed by atoms with Crippen LogP contribution in [0.4, 0.5) is 0 Å². The number of ketones is 1. The molecule has 2 nitrogen and oxygen atoms in total. The fourth-order valence-corrected chi connectivity index (χ4v) is 2.61. The Labute approximate surface area is 105 Å². The van der Waals surface area contributed by atoms with Gasteiger partial charge in [0.1, 0.15) is 10.6 Å². The summed E-state index contributed by atoms with van der Waals surface area (Å²) in [6, 6.07) is 9.55. The van der Waals surface area contributed by atoms with Gasteiger partial charge >= 0.3 is 0 Å². The van der Waals surface area contributed by atoms with Gasteiger partial charge in [0.25, 0.3) is 0 Å². The molecule has 0 atom stereocenters. The Kier molecular flexibility index (Phi) is 3.59. The average Bonchev–Trinajstić information content (AvgIpc) is 2.86. The number of hydrogen-bond acceptors (Lipinski definition) is 3. The van der Waals surface area contributed by atoms with Crippen LogP contribution in [0.2, 0.25) is 0 Å². The minimum absolute atomic E-state index is 0.0503. The fraction of sp³-hybridized carbons (Fsp3) is 0.214. The van der Waals surface area contributed by atoms with Gasteiger partial charge in [0.15, 0.2) is 0 Å². The van der Waals surface area contributed by atoms with Gasteiger partial charge in [-0.3, -0.25) is 4.79 Å². The maximum absolute atomic E-state index is 12.4. The second kappa shape index (κ2) is 5.15. The normalized spacial score (nSPS) is 10.2. The van der Waals surface area contributed by atoms with Gasteiger partial charge in [-0.05, 0) is 23.4 Å². The molecule has 0 bridgehead atoms. The molecule has 0 radical (unpaired) electrons. The van der Waals surface area contributed by atoms with Crippen molar-refractivity contribution in [1.29, 1.82) is 0 Å². The van der Waals surface area contributed by atoms with Crippen LogP contribution in [0.25, 0.3) is 0 Å². The Morgan fingerprint density at radius 3 is 2.76 bits per heavy atom. The lowest BCUT2D eigenvalue weighted by molar-refractivity contribution is 0.103. The Morgan fingerprint density at radius 2 is 2.06 bits per heavy atom. The van der Waals surface area contributed by atoms with E-state index in [9.17, 15) is 4.79 Å². The van der Waals surface area contributed by atoms with Crippen molar-refractivity contribution in [3.05, 3.63) is 51.7 Å². The number of methoxy groups -OCH3 is 1. The van der Waals surface area contributed by atoms with Crippen molar-refractivity contribution in [3.63, 3.8) is 0 Å². The summed E-state index contributed by atoms with van der Waals surface area (Å²) in [5.41, 5.74) is 1.85. The van der Waals surface area contributed by atoms with E-state index in [1.54, 1.807) is 7.11 Å². The van der Waals surface area contributed by atoms with Crippen LogP contribution < -0.4 is 4.74 Å². The number of thiophene rings is 1. The molecule has 88 valence electrons. The van der Waals surface area contributed by atoms with E-state index in [0.29, 0.717) is 10.6 Å². The molecule has 0 saturated heterocycles. The van der Waals surface area contributed by atoms with Gasteiger partial charge in [0.05, 0.1) is 7.11 Å². The van der Waals surface area contributed by atoms with Crippen molar-refractivity contribution in [2.75, 3.05) is 7.11 Å². The lowest BCUT2D eigenvalue weighted by Crippen LogP contribution is -2.04. The second-order valence-corrected chi connectivity index (χ2v) is 4.57. The molecular weight excluding hydrogens is 232 g/mol. The second-order valence-electron chi connectivity index (χ2n) is 3.66. The summed E-state index contributed by atoms with van der Waals surface area (Å²) in [7, 11) is 1.59. The number of benzene rings is 1. The summed E-state index contributed by atoms with van der Waals surface area (Å²) in [6.07, 6.45) is 0.857. The Morgan fingerprint density at radius 1 is 1.29 bits per heavy atom. The molecule has 1 aromatic carbocycles. The molecule has 0 spiro atoms. The van der Waals surface area contributed by atoms with Gasteiger partial charge in [-0.1, -0.05) is 31.2 Å². The van der Waals surface area contributed by atoms with Crippen LogP contribution in [0.3, 0.4) is 0 Å². The molecule has 0 amide bonds. The van der Waals surface area contributed by atoms with Gasteiger partial charge in [0, 0.05) is 5.56 Å². The summed E-state index contributed by atoms with van der Waals surface area (Å²) in [5, 5.41) is 1.88. The first kappa shape index (κ1) is 11.9. The highest BCUT2D eigenvalue weighted by atomic mass is 32.1. The van der Waals surface area contributed by atoms with E-state index in [0.717, 1.165) is 17.5 Å². The molecule has 2 rings (SSSR count). The predicted octanol–water partition coefficient (Wildman–Crippen LogP) is 3.55. The average molecular weight is 246 g/mol. The van der Waals surface area contributed by atoms with Crippen molar-refractivity contribution in [2.45, 2.75) is 13.3 Å². The quantitative estimate of drug-likeness (QED) is 0.771. The molecule has 0 aliphatic carbocycles. The van der Waals surface area contributed by atoms with E-state index >= 15 is 0 Å². The van der Waals surface area contributed by atoms with Gasteiger partial charge in [-0.15, -0.1) is 11.3 Å². The van der Waals surface area contributed by atoms with Crippen LogP contribution in [0.5, 0.6) is 5.75 Å². The summed E-state index contributed by atoms with van der Waals surface area (Å²) in [4.78, 5) is 13.1. The zero-order chi connectivity index (χ0) is 12.3. The predicted molar refractivity (Wildman–Crippen MR) is 70.1 cm³/mol. The van der Waals surface area contributed by atoms with Crippen LogP contribution >= 0.6 is 11.3 Å². The molecule has 1 heterocycles. The van der Waals surface area contributed by atoms with Gasteiger partial charge in [-0.2, -0.15) is 0 Å². The van der Waals surface area contributed by atoms with Crippen molar-refractivity contribution < 1.29 is 9.53 Å². The number of rotatable bonds is 4. The van der Waals surface area contributed by atoms with Crippen molar-refractivity contribution >= 4 is 17.1 Å². The smallest absolute Gasteiger partial charge is 0.207 e. The zero-order valence-electron chi connectivity index (χ0n) is 9.90. The highest BCUT2D eigenvalue weighted by molar-refractivity contribution is 7.12. The van der Waals surface area contributed by atoms with E-state index in [-0.39, 0.29) is 5.78 Å². The van der Waals surface area contributed by atoms with Crippen LogP contribution in [0.15, 0.2) is 35.7 Å². The number of hydrogen-bond donors (Lipinski definition) is 0. The summed E-state index contributed by atoms with van der Waals surface area (Å²) < 4.78 is 5.19. The molecule has 0 saturated carbocycles. The molecule has 1 aromatic heterocycles. The third kappa shape index (κ3) is 2.24. The monoisotopic (exact) mass is 246 g/mol. The largest absolute Gasteiger partial charge is 0.495 e. The number of ether oxygens (including phenoxy) is 1. The Bertz CT molecular complexity index is 529. The number of carbonyl (C=O) groups excluding carboxylic acids is 1. The molecule has 3 heteroatoms. The van der Waals surface area contributed by atoms with Gasteiger partial charge < -0.3 is 4.74 Å². The minimum Gasteiger partial charge on any atom is -0.495 e. The first-order chi connectivity index (χ1) is 8.27. The molecule has 17 heavy (non-hydrogen) atoms. The molecule has 0 aliphatic rings. The minimum atomic E-state index is 0.0503. The molecule has 0 N–H and O–H groups in total. The summed E-state index contributed by atoms with van der Waals surface area (Å²) in [5.74, 6) is 0.709.